The van der Waals surface area contributed by atoms with Crippen LogP contribution in [0.2, 0.25) is 0 Å². The zero-order valence-corrected chi connectivity index (χ0v) is 18.3. The molecular formula is C23H30N2O3S. The van der Waals surface area contributed by atoms with Crippen molar-refractivity contribution in [2.24, 2.45) is 0 Å². The Morgan fingerprint density at radius 2 is 1.55 bits per heavy atom. The van der Waals surface area contributed by atoms with Crippen molar-refractivity contribution in [2.75, 3.05) is 17.9 Å². The van der Waals surface area contributed by atoms with Crippen LogP contribution in [0.1, 0.15) is 54.9 Å². The summed E-state index contributed by atoms with van der Waals surface area (Å²) in [7, 11) is -2.11. The standard InChI is InChI=1S/C23H30N2O3S/c1-4-25(21-8-6-5-7-9-21)23(26)19-12-14-20(15-13-19)24(3)29(27,28)22-16-10-18(2)11-17-22/h10-17,21H,4-9H2,1-3H3. The van der Waals surface area contributed by atoms with Crippen LogP contribution in [0.15, 0.2) is 53.4 Å². The summed E-state index contributed by atoms with van der Waals surface area (Å²) in [5.74, 6) is 0.0231. The highest BCUT2D eigenvalue weighted by atomic mass is 32.2. The topological polar surface area (TPSA) is 57.7 Å². The van der Waals surface area contributed by atoms with Gasteiger partial charge in [-0.1, -0.05) is 37.0 Å². The van der Waals surface area contributed by atoms with E-state index in [-0.39, 0.29) is 10.8 Å². The van der Waals surface area contributed by atoms with E-state index in [0.717, 1.165) is 18.4 Å². The van der Waals surface area contributed by atoms with Crippen molar-refractivity contribution in [1.29, 1.82) is 0 Å². The zero-order valence-electron chi connectivity index (χ0n) is 17.5. The Balaban J connectivity index is 1.78. The van der Waals surface area contributed by atoms with E-state index in [9.17, 15) is 13.2 Å². The Labute approximate surface area is 174 Å². The number of rotatable bonds is 6. The first-order valence-corrected chi connectivity index (χ1v) is 11.7. The van der Waals surface area contributed by atoms with Gasteiger partial charge in [0.05, 0.1) is 10.6 Å². The molecule has 3 rings (SSSR count). The lowest BCUT2D eigenvalue weighted by molar-refractivity contribution is 0.0648. The fourth-order valence-corrected chi connectivity index (χ4v) is 5.14. The van der Waals surface area contributed by atoms with E-state index in [0.29, 0.717) is 23.8 Å². The fourth-order valence-electron chi connectivity index (χ4n) is 3.95. The maximum absolute atomic E-state index is 13.0. The predicted octanol–water partition coefficient (Wildman–Crippen LogP) is 4.61. The van der Waals surface area contributed by atoms with E-state index in [2.05, 4.69) is 0 Å². The third kappa shape index (κ3) is 4.64. The zero-order chi connectivity index (χ0) is 21.0. The molecule has 5 nitrogen and oxygen atoms in total. The molecule has 1 amide bonds. The number of amides is 1. The Kier molecular flexibility index (Phi) is 6.63. The van der Waals surface area contributed by atoms with Crippen molar-refractivity contribution < 1.29 is 13.2 Å². The average molecular weight is 415 g/mol. The van der Waals surface area contributed by atoms with Crippen molar-refractivity contribution in [3.63, 3.8) is 0 Å². The highest BCUT2D eigenvalue weighted by Crippen LogP contribution is 2.26. The lowest BCUT2D eigenvalue weighted by atomic mass is 9.93. The molecule has 1 aliphatic carbocycles. The summed E-state index contributed by atoms with van der Waals surface area (Å²) in [6.45, 7) is 4.62. The lowest BCUT2D eigenvalue weighted by Gasteiger charge is -2.33. The van der Waals surface area contributed by atoms with Gasteiger partial charge in [-0.05, 0) is 63.1 Å². The number of aryl methyl sites for hydroxylation is 1. The van der Waals surface area contributed by atoms with Gasteiger partial charge in [0.1, 0.15) is 0 Å². The summed E-state index contributed by atoms with van der Waals surface area (Å²) >= 11 is 0. The number of carbonyl (C=O) groups excluding carboxylic acids is 1. The number of carbonyl (C=O) groups is 1. The minimum absolute atomic E-state index is 0.0231. The number of anilines is 1. The normalized spacial score (nSPS) is 15.1. The molecule has 0 saturated heterocycles. The van der Waals surface area contributed by atoms with Gasteiger partial charge in [-0.2, -0.15) is 0 Å². The van der Waals surface area contributed by atoms with E-state index in [4.69, 9.17) is 0 Å². The van der Waals surface area contributed by atoms with Crippen molar-refractivity contribution in [3.05, 3.63) is 59.7 Å². The van der Waals surface area contributed by atoms with Gasteiger partial charge in [-0.3, -0.25) is 9.10 Å². The summed E-state index contributed by atoms with van der Waals surface area (Å²) in [5, 5.41) is 0. The summed E-state index contributed by atoms with van der Waals surface area (Å²) in [4.78, 5) is 15.2. The van der Waals surface area contributed by atoms with E-state index in [1.807, 2.05) is 18.7 Å². The molecule has 29 heavy (non-hydrogen) atoms. The molecule has 1 saturated carbocycles. The fraction of sp³-hybridized carbons (Fsp3) is 0.435. The maximum Gasteiger partial charge on any atom is 0.264 e. The van der Waals surface area contributed by atoms with E-state index in [1.54, 1.807) is 48.5 Å². The number of benzene rings is 2. The van der Waals surface area contributed by atoms with Gasteiger partial charge < -0.3 is 4.90 Å². The SMILES string of the molecule is CCN(C(=O)c1ccc(N(C)S(=O)(=O)c2ccc(C)cc2)cc1)C1CCCCC1. The smallest absolute Gasteiger partial charge is 0.264 e. The molecule has 0 bridgehead atoms. The second-order valence-corrected chi connectivity index (χ2v) is 9.68. The Morgan fingerprint density at radius 3 is 2.10 bits per heavy atom. The highest BCUT2D eigenvalue weighted by Gasteiger charge is 2.26. The van der Waals surface area contributed by atoms with Crippen LogP contribution in [0.4, 0.5) is 5.69 Å². The second kappa shape index (κ2) is 8.99. The molecule has 0 atom stereocenters. The third-order valence-corrected chi connectivity index (χ3v) is 7.57. The van der Waals surface area contributed by atoms with Crippen LogP contribution in [0.25, 0.3) is 0 Å². The minimum Gasteiger partial charge on any atom is -0.336 e. The molecule has 1 fully saturated rings. The first-order chi connectivity index (χ1) is 13.8. The molecular weight excluding hydrogens is 384 g/mol. The molecule has 156 valence electrons. The Hall–Kier alpha value is -2.34. The van der Waals surface area contributed by atoms with Crippen LogP contribution in [-0.2, 0) is 10.0 Å². The van der Waals surface area contributed by atoms with Crippen LogP contribution in [0, 0.1) is 6.92 Å². The molecule has 2 aromatic carbocycles. The Bertz CT molecular complexity index is 931. The average Bonchev–Trinajstić information content (AvgIpc) is 2.75. The van der Waals surface area contributed by atoms with E-state index in [1.165, 1.54) is 30.6 Å². The molecule has 0 unspecified atom stereocenters. The summed E-state index contributed by atoms with van der Waals surface area (Å²) in [6, 6.07) is 14.0. The van der Waals surface area contributed by atoms with Crippen LogP contribution < -0.4 is 4.31 Å². The molecule has 0 aromatic heterocycles. The van der Waals surface area contributed by atoms with Gasteiger partial charge in [0, 0.05) is 25.2 Å². The van der Waals surface area contributed by atoms with Crippen molar-refractivity contribution in [2.45, 2.75) is 56.9 Å². The van der Waals surface area contributed by atoms with Crippen molar-refractivity contribution in [1.82, 2.24) is 4.90 Å². The van der Waals surface area contributed by atoms with Gasteiger partial charge in [0.2, 0.25) is 0 Å². The Morgan fingerprint density at radius 1 is 0.966 bits per heavy atom. The van der Waals surface area contributed by atoms with Gasteiger partial charge in [0.15, 0.2) is 0 Å². The number of hydrogen-bond donors (Lipinski definition) is 0. The molecule has 0 spiro atoms. The summed E-state index contributed by atoms with van der Waals surface area (Å²) in [6.07, 6.45) is 5.73. The first-order valence-electron chi connectivity index (χ1n) is 10.3. The van der Waals surface area contributed by atoms with Gasteiger partial charge in [-0.25, -0.2) is 8.42 Å². The second-order valence-electron chi connectivity index (χ2n) is 7.72. The predicted molar refractivity (Wildman–Crippen MR) is 117 cm³/mol. The summed E-state index contributed by atoms with van der Waals surface area (Å²) < 4.78 is 27.0. The molecule has 0 radical (unpaired) electrons. The monoisotopic (exact) mass is 414 g/mol. The maximum atomic E-state index is 13.0. The summed E-state index contributed by atoms with van der Waals surface area (Å²) in [5.41, 5.74) is 2.14. The first kappa shape index (κ1) is 21.4. The van der Waals surface area contributed by atoms with Crippen molar-refractivity contribution in [3.8, 4) is 0 Å². The highest BCUT2D eigenvalue weighted by molar-refractivity contribution is 7.92. The molecule has 1 aliphatic rings. The molecule has 2 aromatic rings. The van der Waals surface area contributed by atoms with Crippen LogP contribution >= 0.6 is 0 Å². The molecule has 0 heterocycles. The van der Waals surface area contributed by atoms with E-state index < -0.39 is 10.0 Å². The molecule has 0 aliphatic heterocycles. The van der Waals surface area contributed by atoms with E-state index >= 15 is 0 Å². The van der Waals surface area contributed by atoms with Crippen LogP contribution in [-0.4, -0.2) is 38.9 Å². The number of hydrogen-bond acceptors (Lipinski definition) is 3. The number of nitrogens with zero attached hydrogens (tertiary/aromatic N) is 2. The lowest BCUT2D eigenvalue weighted by Crippen LogP contribution is -2.41. The van der Waals surface area contributed by atoms with Gasteiger partial charge >= 0.3 is 0 Å². The van der Waals surface area contributed by atoms with Crippen LogP contribution in [0.3, 0.4) is 0 Å². The van der Waals surface area contributed by atoms with Crippen molar-refractivity contribution >= 4 is 21.6 Å². The largest absolute Gasteiger partial charge is 0.336 e. The minimum atomic E-state index is -3.64. The number of sulfonamides is 1. The molecule has 0 N–H and O–H groups in total. The molecule has 6 heteroatoms. The van der Waals surface area contributed by atoms with Gasteiger partial charge in [0.25, 0.3) is 15.9 Å². The van der Waals surface area contributed by atoms with Crippen LogP contribution in [0.5, 0.6) is 0 Å². The quantitative estimate of drug-likeness (QED) is 0.693. The third-order valence-electron chi connectivity index (χ3n) is 5.77. The van der Waals surface area contributed by atoms with Gasteiger partial charge in [-0.15, -0.1) is 0 Å².